The first-order valence-electron chi connectivity index (χ1n) is 6.30. The van der Waals surface area contributed by atoms with Gasteiger partial charge in [-0.1, -0.05) is 35.9 Å². The maximum absolute atomic E-state index is 3.59. The van der Waals surface area contributed by atoms with Gasteiger partial charge in [-0.3, -0.25) is 0 Å². The fourth-order valence-electron chi connectivity index (χ4n) is 1.94. The molecule has 0 spiro atoms. The Morgan fingerprint density at radius 3 is 2.37 bits per heavy atom. The normalized spacial score (nSPS) is 12.4. The molecule has 0 aliphatic carbocycles. The topological polar surface area (TPSA) is 12.0 Å². The Kier molecular flexibility index (Phi) is 5.65. The van der Waals surface area contributed by atoms with E-state index in [0.717, 1.165) is 6.54 Å². The second kappa shape index (κ2) is 7.04. The number of aryl methyl sites for hydroxylation is 1. The molecule has 19 heavy (non-hydrogen) atoms. The van der Waals surface area contributed by atoms with Crippen molar-refractivity contribution in [3.63, 3.8) is 0 Å². The van der Waals surface area contributed by atoms with Crippen molar-refractivity contribution >= 4 is 45.2 Å². The summed E-state index contributed by atoms with van der Waals surface area (Å²) in [6.45, 7) is 5.25. The Labute approximate surface area is 142 Å². The minimum Gasteiger partial charge on any atom is -0.306 e. The molecule has 1 atom stereocenters. The highest BCUT2D eigenvalue weighted by atomic mass is 127. The van der Waals surface area contributed by atoms with Gasteiger partial charge in [0, 0.05) is 19.7 Å². The van der Waals surface area contributed by atoms with E-state index < -0.39 is 0 Å². The highest BCUT2D eigenvalue weighted by Gasteiger charge is 2.08. The third-order valence-electron chi connectivity index (χ3n) is 3.16. The van der Waals surface area contributed by atoms with E-state index in [4.69, 9.17) is 0 Å². The third kappa shape index (κ3) is 4.43. The zero-order valence-corrected chi connectivity index (χ0v) is 15.4. The first-order chi connectivity index (χ1) is 9.06. The molecule has 0 amide bonds. The van der Waals surface area contributed by atoms with Crippen LogP contribution in [0.1, 0.15) is 29.7 Å². The van der Waals surface area contributed by atoms with Crippen LogP contribution in [0.4, 0.5) is 0 Å². The Hall–Kier alpha value is -0.140. The fourth-order valence-corrected chi connectivity index (χ4v) is 4.01. The maximum atomic E-state index is 3.59. The zero-order valence-electron chi connectivity index (χ0n) is 11.1. The molecule has 3 heteroatoms. The smallest absolute Gasteiger partial charge is 0.0305 e. The Morgan fingerprint density at radius 1 is 1.05 bits per heavy atom. The maximum Gasteiger partial charge on any atom is 0.0305 e. The van der Waals surface area contributed by atoms with E-state index in [0.29, 0.717) is 6.04 Å². The molecule has 0 aromatic heterocycles. The molecule has 1 nitrogen and oxygen atoms in total. The Bertz CT molecular complexity index is 549. The van der Waals surface area contributed by atoms with Crippen LogP contribution in [0.5, 0.6) is 0 Å². The summed E-state index contributed by atoms with van der Waals surface area (Å²) in [5, 5.41) is 3.59. The van der Waals surface area contributed by atoms with E-state index in [-0.39, 0.29) is 0 Å². The molecule has 100 valence electrons. The van der Waals surface area contributed by atoms with Gasteiger partial charge in [-0.25, -0.2) is 0 Å². The lowest BCUT2D eigenvalue weighted by Gasteiger charge is -2.16. The van der Waals surface area contributed by atoms with E-state index in [1.165, 1.54) is 23.8 Å². The number of rotatable bonds is 4. The minimum absolute atomic E-state index is 0.366. The molecule has 0 heterocycles. The molecule has 0 saturated heterocycles. The lowest BCUT2D eigenvalue weighted by atomic mass is 10.1. The number of benzene rings is 2. The van der Waals surface area contributed by atoms with Crippen molar-refractivity contribution in [2.24, 2.45) is 0 Å². The summed E-state index contributed by atoms with van der Waals surface area (Å²) in [4.78, 5) is 0. The molecule has 2 rings (SSSR count). The van der Waals surface area contributed by atoms with E-state index >= 15 is 0 Å². The predicted molar refractivity (Wildman–Crippen MR) is 98.3 cm³/mol. The average Bonchev–Trinajstić information content (AvgIpc) is 2.37. The quantitative estimate of drug-likeness (QED) is 0.608. The van der Waals surface area contributed by atoms with Crippen LogP contribution in [0.3, 0.4) is 0 Å². The van der Waals surface area contributed by atoms with Gasteiger partial charge in [0.25, 0.3) is 0 Å². The highest BCUT2D eigenvalue weighted by molar-refractivity contribution is 14.1. The van der Waals surface area contributed by atoms with Crippen molar-refractivity contribution in [3.05, 3.63) is 66.3 Å². The summed E-state index contributed by atoms with van der Waals surface area (Å²) in [6, 6.07) is 15.7. The second-order valence-electron chi connectivity index (χ2n) is 4.75. The monoisotopic (exact) mass is 477 g/mol. The van der Waals surface area contributed by atoms with Crippen LogP contribution in [-0.4, -0.2) is 0 Å². The highest BCUT2D eigenvalue weighted by Crippen LogP contribution is 2.22. The van der Waals surface area contributed by atoms with Crippen molar-refractivity contribution in [1.29, 1.82) is 0 Å². The zero-order chi connectivity index (χ0) is 13.8. The van der Waals surface area contributed by atoms with Crippen LogP contribution < -0.4 is 5.32 Å². The van der Waals surface area contributed by atoms with Gasteiger partial charge in [-0.05, 0) is 82.3 Å². The number of hydrogen-bond donors (Lipinski definition) is 1. The molecular formula is C16H17I2N. The van der Waals surface area contributed by atoms with Gasteiger partial charge in [0.1, 0.15) is 0 Å². The third-order valence-corrected chi connectivity index (χ3v) is 4.77. The molecule has 2 aromatic rings. The van der Waals surface area contributed by atoms with Gasteiger partial charge in [0.2, 0.25) is 0 Å². The number of halogens is 2. The van der Waals surface area contributed by atoms with E-state index in [2.05, 4.69) is 107 Å². The van der Waals surface area contributed by atoms with Crippen LogP contribution >= 0.6 is 45.2 Å². The fraction of sp³-hybridized carbons (Fsp3) is 0.250. The lowest BCUT2D eigenvalue weighted by Crippen LogP contribution is -2.19. The summed E-state index contributed by atoms with van der Waals surface area (Å²) < 4.78 is 2.62. The Morgan fingerprint density at radius 2 is 1.74 bits per heavy atom. The molecule has 0 saturated carbocycles. The van der Waals surface area contributed by atoms with Gasteiger partial charge in [0.15, 0.2) is 0 Å². The first kappa shape index (κ1) is 15.3. The molecule has 0 fully saturated rings. The van der Waals surface area contributed by atoms with Gasteiger partial charge >= 0.3 is 0 Å². The molecule has 2 aromatic carbocycles. The SMILES string of the molecule is Cc1ccc(CNC(C)c2ccc(I)cc2I)cc1. The predicted octanol–water partition coefficient (Wildman–Crippen LogP) is 5.06. The summed E-state index contributed by atoms with van der Waals surface area (Å²) in [5.74, 6) is 0. The summed E-state index contributed by atoms with van der Waals surface area (Å²) in [7, 11) is 0. The van der Waals surface area contributed by atoms with Crippen LogP contribution in [0.15, 0.2) is 42.5 Å². The van der Waals surface area contributed by atoms with Crippen molar-refractivity contribution in [3.8, 4) is 0 Å². The standard InChI is InChI=1S/C16H17I2N/c1-11-3-5-13(6-4-11)10-19-12(2)15-8-7-14(17)9-16(15)18/h3-9,12,19H,10H2,1-2H3. The largest absolute Gasteiger partial charge is 0.306 e. The van der Waals surface area contributed by atoms with E-state index in [1.54, 1.807) is 0 Å². The van der Waals surface area contributed by atoms with Crippen LogP contribution in [0, 0.1) is 14.1 Å². The molecule has 0 bridgehead atoms. The first-order valence-corrected chi connectivity index (χ1v) is 8.46. The van der Waals surface area contributed by atoms with E-state index in [1.807, 2.05) is 0 Å². The van der Waals surface area contributed by atoms with Crippen molar-refractivity contribution < 1.29 is 0 Å². The Balaban J connectivity index is 2.01. The molecule has 0 radical (unpaired) electrons. The summed E-state index contributed by atoms with van der Waals surface area (Å²) >= 11 is 4.77. The molecular weight excluding hydrogens is 460 g/mol. The van der Waals surface area contributed by atoms with Crippen LogP contribution in [-0.2, 0) is 6.54 Å². The van der Waals surface area contributed by atoms with Gasteiger partial charge < -0.3 is 5.32 Å². The van der Waals surface area contributed by atoms with E-state index in [9.17, 15) is 0 Å². The van der Waals surface area contributed by atoms with Crippen LogP contribution in [0.25, 0.3) is 0 Å². The van der Waals surface area contributed by atoms with Gasteiger partial charge in [-0.2, -0.15) is 0 Å². The molecule has 1 unspecified atom stereocenters. The number of hydrogen-bond acceptors (Lipinski definition) is 1. The van der Waals surface area contributed by atoms with Crippen molar-refractivity contribution in [2.75, 3.05) is 0 Å². The van der Waals surface area contributed by atoms with Gasteiger partial charge in [0.05, 0.1) is 0 Å². The molecule has 0 aliphatic rings. The van der Waals surface area contributed by atoms with Crippen molar-refractivity contribution in [2.45, 2.75) is 26.4 Å². The average molecular weight is 477 g/mol. The van der Waals surface area contributed by atoms with Crippen LogP contribution in [0.2, 0.25) is 0 Å². The molecule has 0 aliphatic heterocycles. The summed E-state index contributed by atoms with van der Waals surface area (Å²) in [5.41, 5.74) is 4.01. The second-order valence-corrected chi connectivity index (χ2v) is 7.16. The summed E-state index contributed by atoms with van der Waals surface area (Å²) in [6.07, 6.45) is 0. The minimum atomic E-state index is 0.366. The van der Waals surface area contributed by atoms with Gasteiger partial charge in [-0.15, -0.1) is 0 Å². The molecule has 1 N–H and O–H groups in total. The number of nitrogens with one attached hydrogen (secondary N) is 1. The van der Waals surface area contributed by atoms with Crippen molar-refractivity contribution in [1.82, 2.24) is 5.32 Å². The lowest BCUT2D eigenvalue weighted by molar-refractivity contribution is 0.572.